The third-order valence-corrected chi connectivity index (χ3v) is 2.68. The van der Waals surface area contributed by atoms with Crippen LogP contribution in [0.1, 0.15) is 5.56 Å². The van der Waals surface area contributed by atoms with Crippen molar-refractivity contribution in [2.24, 2.45) is 0 Å². The molecule has 0 aliphatic carbocycles. The van der Waals surface area contributed by atoms with Gasteiger partial charge in [-0.1, -0.05) is 18.2 Å². The smallest absolute Gasteiger partial charge is 0.148 e. The Kier molecular flexibility index (Phi) is 3.67. The molecule has 0 aromatic heterocycles. The third kappa shape index (κ3) is 2.71. The molecule has 0 unspecified atom stereocenters. The number of nitrogens with one attached hydrogen (secondary N) is 1. The number of nitrogen functional groups attached to an aromatic ring is 1. The van der Waals surface area contributed by atoms with Crippen LogP contribution in [0.5, 0.6) is 5.75 Å². The second-order valence-electron chi connectivity index (χ2n) is 3.90. The molecule has 0 radical (unpaired) electrons. The molecule has 3 nitrogen and oxygen atoms in total. The van der Waals surface area contributed by atoms with Crippen molar-refractivity contribution in [3.63, 3.8) is 0 Å². The second-order valence-corrected chi connectivity index (χ2v) is 3.90. The molecule has 0 atom stereocenters. The predicted octanol–water partition coefficient (Wildman–Crippen LogP) is 3.03. The molecule has 0 saturated carbocycles. The first-order valence-electron chi connectivity index (χ1n) is 5.61. The van der Waals surface area contributed by atoms with E-state index in [9.17, 15) is 4.39 Å². The summed E-state index contributed by atoms with van der Waals surface area (Å²) in [5.41, 5.74) is 7.27. The molecular formula is C14H15FN2O. The Morgan fingerprint density at radius 3 is 2.72 bits per heavy atom. The number of halogens is 1. The van der Waals surface area contributed by atoms with Crippen molar-refractivity contribution in [3.8, 4) is 5.75 Å². The van der Waals surface area contributed by atoms with Crippen LogP contribution < -0.4 is 15.8 Å². The van der Waals surface area contributed by atoms with Crippen LogP contribution in [-0.4, -0.2) is 7.11 Å². The summed E-state index contributed by atoms with van der Waals surface area (Å²) in [5.74, 6) is 0.390. The van der Waals surface area contributed by atoms with Crippen molar-refractivity contribution in [2.45, 2.75) is 6.54 Å². The molecule has 0 spiro atoms. The van der Waals surface area contributed by atoms with Gasteiger partial charge in [0, 0.05) is 17.8 Å². The molecule has 0 bridgehead atoms. The van der Waals surface area contributed by atoms with Crippen molar-refractivity contribution in [1.82, 2.24) is 0 Å². The fourth-order valence-electron chi connectivity index (χ4n) is 1.68. The van der Waals surface area contributed by atoms with Crippen LogP contribution in [0.3, 0.4) is 0 Å². The predicted molar refractivity (Wildman–Crippen MR) is 71.1 cm³/mol. The molecule has 3 N–H and O–H groups in total. The molecule has 0 saturated heterocycles. The van der Waals surface area contributed by atoms with Crippen LogP contribution in [0.2, 0.25) is 0 Å². The summed E-state index contributed by atoms with van der Waals surface area (Å²) in [6.07, 6.45) is 0. The van der Waals surface area contributed by atoms with Gasteiger partial charge < -0.3 is 15.8 Å². The van der Waals surface area contributed by atoms with E-state index in [1.54, 1.807) is 19.2 Å². The van der Waals surface area contributed by atoms with Gasteiger partial charge >= 0.3 is 0 Å². The highest BCUT2D eigenvalue weighted by Crippen LogP contribution is 2.20. The zero-order chi connectivity index (χ0) is 13.0. The highest BCUT2D eigenvalue weighted by Gasteiger charge is 2.03. The largest absolute Gasteiger partial charge is 0.496 e. The van der Waals surface area contributed by atoms with E-state index in [-0.39, 0.29) is 5.69 Å². The molecule has 0 fully saturated rings. The van der Waals surface area contributed by atoms with Gasteiger partial charge in [-0.05, 0) is 24.3 Å². The Morgan fingerprint density at radius 2 is 2.00 bits per heavy atom. The van der Waals surface area contributed by atoms with Crippen LogP contribution in [0.15, 0.2) is 42.5 Å². The number of ether oxygens (including phenoxy) is 1. The molecule has 18 heavy (non-hydrogen) atoms. The summed E-state index contributed by atoms with van der Waals surface area (Å²) in [6.45, 7) is 0.563. The van der Waals surface area contributed by atoms with E-state index < -0.39 is 5.82 Å². The van der Waals surface area contributed by atoms with Crippen LogP contribution >= 0.6 is 0 Å². The topological polar surface area (TPSA) is 47.3 Å². The Balaban J connectivity index is 2.09. The number of benzene rings is 2. The molecular weight excluding hydrogens is 231 g/mol. The van der Waals surface area contributed by atoms with Crippen LogP contribution in [0.4, 0.5) is 15.8 Å². The minimum atomic E-state index is -0.417. The lowest BCUT2D eigenvalue weighted by atomic mass is 10.2. The first-order chi connectivity index (χ1) is 8.70. The van der Waals surface area contributed by atoms with E-state index >= 15 is 0 Å². The van der Waals surface area contributed by atoms with Gasteiger partial charge in [-0.2, -0.15) is 0 Å². The van der Waals surface area contributed by atoms with Crippen LogP contribution in [-0.2, 0) is 6.54 Å². The van der Waals surface area contributed by atoms with Gasteiger partial charge in [-0.15, -0.1) is 0 Å². The van der Waals surface area contributed by atoms with E-state index in [2.05, 4.69) is 5.32 Å². The fourth-order valence-corrected chi connectivity index (χ4v) is 1.68. The zero-order valence-corrected chi connectivity index (χ0v) is 10.1. The van der Waals surface area contributed by atoms with Crippen molar-refractivity contribution in [2.75, 3.05) is 18.2 Å². The van der Waals surface area contributed by atoms with Crippen molar-refractivity contribution in [1.29, 1.82) is 0 Å². The van der Waals surface area contributed by atoms with Gasteiger partial charge in [0.15, 0.2) is 0 Å². The highest BCUT2D eigenvalue weighted by molar-refractivity contribution is 5.53. The number of hydrogen-bond donors (Lipinski definition) is 2. The number of hydrogen-bond acceptors (Lipinski definition) is 3. The molecule has 4 heteroatoms. The first kappa shape index (κ1) is 12.2. The molecule has 94 valence electrons. The highest BCUT2D eigenvalue weighted by atomic mass is 19.1. The Bertz CT molecular complexity index is 543. The van der Waals surface area contributed by atoms with Gasteiger partial charge in [0.05, 0.1) is 12.8 Å². The van der Waals surface area contributed by atoms with Crippen LogP contribution in [0, 0.1) is 5.82 Å². The average Bonchev–Trinajstić information content (AvgIpc) is 2.40. The number of nitrogens with two attached hydrogens (primary N) is 1. The molecule has 0 aliphatic heterocycles. The van der Waals surface area contributed by atoms with E-state index in [1.807, 2.05) is 24.3 Å². The quantitative estimate of drug-likeness (QED) is 0.815. The first-order valence-corrected chi connectivity index (χ1v) is 5.61. The second kappa shape index (κ2) is 5.40. The molecule has 0 aliphatic rings. The SMILES string of the molecule is COc1ccccc1CNc1ccc(N)c(F)c1. The van der Waals surface area contributed by atoms with E-state index in [4.69, 9.17) is 10.5 Å². The van der Waals surface area contributed by atoms with E-state index in [0.717, 1.165) is 11.3 Å². The molecule has 0 amide bonds. The normalized spacial score (nSPS) is 10.1. The van der Waals surface area contributed by atoms with E-state index in [1.165, 1.54) is 6.07 Å². The summed E-state index contributed by atoms with van der Waals surface area (Å²) >= 11 is 0. The van der Waals surface area contributed by atoms with Crippen molar-refractivity contribution < 1.29 is 9.13 Å². The van der Waals surface area contributed by atoms with Gasteiger partial charge in [-0.25, -0.2) is 4.39 Å². The Hall–Kier alpha value is -2.23. The molecule has 2 aromatic carbocycles. The molecule has 2 rings (SSSR count). The van der Waals surface area contributed by atoms with Gasteiger partial charge in [0.2, 0.25) is 0 Å². The maximum atomic E-state index is 13.3. The van der Waals surface area contributed by atoms with E-state index in [0.29, 0.717) is 12.2 Å². The lowest BCUT2D eigenvalue weighted by molar-refractivity contribution is 0.410. The van der Waals surface area contributed by atoms with Gasteiger partial charge in [0.25, 0.3) is 0 Å². The summed E-state index contributed by atoms with van der Waals surface area (Å²) in [7, 11) is 1.63. The number of rotatable bonds is 4. The maximum Gasteiger partial charge on any atom is 0.148 e. The lowest BCUT2D eigenvalue weighted by Crippen LogP contribution is -2.02. The lowest BCUT2D eigenvalue weighted by Gasteiger charge is -2.10. The maximum absolute atomic E-state index is 13.3. The molecule has 0 heterocycles. The Labute approximate surface area is 105 Å². The molecule has 2 aromatic rings. The fraction of sp³-hybridized carbons (Fsp3) is 0.143. The average molecular weight is 246 g/mol. The number of methoxy groups -OCH3 is 1. The Morgan fingerprint density at radius 1 is 1.22 bits per heavy atom. The summed E-state index contributed by atoms with van der Waals surface area (Å²) in [4.78, 5) is 0. The number of para-hydroxylation sites is 1. The van der Waals surface area contributed by atoms with Crippen molar-refractivity contribution >= 4 is 11.4 Å². The minimum Gasteiger partial charge on any atom is -0.496 e. The number of anilines is 2. The standard InChI is InChI=1S/C14H15FN2O/c1-18-14-5-3-2-4-10(14)9-17-11-6-7-13(16)12(15)8-11/h2-8,17H,9,16H2,1H3. The van der Waals surface area contributed by atoms with Crippen LogP contribution in [0.25, 0.3) is 0 Å². The summed E-state index contributed by atoms with van der Waals surface area (Å²) in [5, 5.41) is 3.13. The van der Waals surface area contributed by atoms with Crippen molar-refractivity contribution in [3.05, 3.63) is 53.8 Å². The summed E-state index contributed by atoms with van der Waals surface area (Å²) in [6, 6.07) is 12.4. The van der Waals surface area contributed by atoms with Gasteiger partial charge in [-0.3, -0.25) is 0 Å². The zero-order valence-electron chi connectivity index (χ0n) is 10.1. The summed E-state index contributed by atoms with van der Waals surface area (Å²) < 4.78 is 18.5. The monoisotopic (exact) mass is 246 g/mol. The third-order valence-electron chi connectivity index (χ3n) is 2.68. The van der Waals surface area contributed by atoms with Gasteiger partial charge in [0.1, 0.15) is 11.6 Å². The minimum absolute atomic E-state index is 0.151.